The van der Waals surface area contributed by atoms with Crippen LogP contribution in [0.15, 0.2) is 36.4 Å². The number of nitrogens with zero attached hydrogens (tertiary/aromatic N) is 1. The average Bonchev–Trinajstić information content (AvgIpc) is 2.73. The fraction of sp³-hybridized carbons (Fsp3) is 0.500. The molecule has 0 fully saturated rings. The average molecular weight is 469 g/mol. The van der Waals surface area contributed by atoms with Crippen LogP contribution in [0.3, 0.4) is 0 Å². The predicted octanol–water partition coefficient (Wildman–Crippen LogP) is 6.10. The van der Waals surface area contributed by atoms with Crippen molar-refractivity contribution in [1.29, 1.82) is 0 Å². The monoisotopic (exact) mass is 468 g/mol. The van der Waals surface area contributed by atoms with Crippen LogP contribution in [0, 0.1) is 10.1 Å². The summed E-state index contributed by atoms with van der Waals surface area (Å²) in [7, 11) is 0. The maximum absolute atomic E-state index is 10.9. The molecule has 0 aliphatic rings. The standard InChI is InChI=1S/C28H40N2O4/c1-19(2)29-17-23(31)18-34-26-24(27(3,4)5)15-21(16-25(26)28(6,7)8)10-9-20-11-13-22(14-12-20)30(32)33/h9-16,19,23,29,31H,17-18H2,1-8H3/b10-9+. The van der Waals surface area contributed by atoms with E-state index in [9.17, 15) is 15.2 Å². The topological polar surface area (TPSA) is 84.6 Å². The third-order valence-corrected chi connectivity index (χ3v) is 5.48. The molecule has 0 spiro atoms. The number of nitro benzene ring substituents is 1. The Morgan fingerprint density at radius 1 is 0.971 bits per heavy atom. The molecule has 0 aliphatic heterocycles. The molecule has 0 saturated carbocycles. The van der Waals surface area contributed by atoms with Crippen molar-refractivity contribution in [2.75, 3.05) is 13.2 Å². The zero-order chi connectivity index (χ0) is 25.7. The molecule has 2 rings (SSSR count). The van der Waals surface area contributed by atoms with Gasteiger partial charge in [-0.25, -0.2) is 0 Å². The highest BCUT2D eigenvalue weighted by Gasteiger charge is 2.28. The first kappa shape index (κ1) is 27.5. The lowest BCUT2D eigenvalue weighted by Crippen LogP contribution is -2.35. The summed E-state index contributed by atoms with van der Waals surface area (Å²) in [5.41, 5.74) is 3.81. The highest BCUT2D eigenvalue weighted by atomic mass is 16.6. The molecule has 0 aliphatic carbocycles. The van der Waals surface area contributed by atoms with E-state index in [2.05, 4.69) is 59.0 Å². The van der Waals surface area contributed by atoms with Crippen LogP contribution < -0.4 is 10.1 Å². The van der Waals surface area contributed by atoms with Crippen LogP contribution >= 0.6 is 0 Å². The van der Waals surface area contributed by atoms with Crippen LogP contribution in [0.2, 0.25) is 0 Å². The first-order valence-corrected chi connectivity index (χ1v) is 11.8. The van der Waals surface area contributed by atoms with E-state index < -0.39 is 11.0 Å². The maximum atomic E-state index is 10.9. The third-order valence-electron chi connectivity index (χ3n) is 5.48. The molecular formula is C28H40N2O4. The summed E-state index contributed by atoms with van der Waals surface area (Å²) in [5, 5.41) is 24.6. The Bertz CT molecular complexity index is 962. The van der Waals surface area contributed by atoms with E-state index in [0.717, 1.165) is 28.0 Å². The normalized spacial score (nSPS) is 13.5. The van der Waals surface area contributed by atoms with Gasteiger partial charge in [0.25, 0.3) is 5.69 Å². The molecule has 2 aromatic rings. The van der Waals surface area contributed by atoms with Crippen molar-refractivity contribution in [2.24, 2.45) is 0 Å². The van der Waals surface area contributed by atoms with Gasteiger partial charge in [0.1, 0.15) is 18.5 Å². The minimum Gasteiger partial charge on any atom is -0.490 e. The van der Waals surface area contributed by atoms with E-state index in [0.29, 0.717) is 12.6 Å². The summed E-state index contributed by atoms with van der Waals surface area (Å²) in [6.45, 7) is 17.7. The lowest BCUT2D eigenvalue weighted by molar-refractivity contribution is -0.384. The Morgan fingerprint density at radius 3 is 1.91 bits per heavy atom. The lowest BCUT2D eigenvalue weighted by Gasteiger charge is -2.31. The van der Waals surface area contributed by atoms with Gasteiger partial charge >= 0.3 is 0 Å². The summed E-state index contributed by atoms with van der Waals surface area (Å²) >= 11 is 0. The van der Waals surface area contributed by atoms with Crippen LogP contribution in [0.4, 0.5) is 5.69 Å². The molecule has 0 aromatic heterocycles. The minimum atomic E-state index is -0.607. The van der Waals surface area contributed by atoms with Crippen LogP contribution in [0.5, 0.6) is 5.75 Å². The Labute approximate surface area is 204 Å². The molecule has 6 nitrogen and oxygen atoms in total. The SMILES string of the molecule is CC(C)NCC(O)COc1c(C(C)(C)C)cc(/C=C/c2ccc([N+](=O)[O-])cc2)cc1C(C)(C)C. The highest BCUT2D eigenvalue weighted by Crippen LogP contribution is 2.41. The van der Waals surface area contributed by atoms with Crippen LogP contribution in [-0.2, 0) is 10.8 Å². The van der Waals surface area contributed by atoms with Gasteiger partial charge in [0.15, 0.2) is 0 Å². The fourth-order valence-electron chi connectivity index (χ4n) is 3.53. The van der Waals surface area contributed by atoms with Crippen LogP contribution in [-0.4, -0.2) is 35.3 Å². The molecule has 0 heterocycles. The van der Waals surface area contributed by atoms with E-state index in [1.54, 1.807) is 12.1 Å². The molecule has 1 unspecified atom stereocenters. The van der Waals surface area contributed by atoms with E-state index in [1.165, 1.54) is 12.1 Å². The number of hydrogen-bond donors (Lipinski definition) is 2. The summed E-state index contributed by atoms with van der Waals surface area (Å²) in [6.07, 6.45) is 3.38. The van der Waals surface area contributed by atoms with Crippen LogP contribution in [0.25, 0.3) is 12.2 Å². The molecule has 0 radical (unpaired) electrons. The van der Waals surface area contributed by atoms with Gasteiger partial charge in [0, 0.05) is 35.8 Å². The number of aliphatic hydroxyl groups is 1. The van der Waals surface area contributed by atoms with Gasteiger partial charge in [-0.2, -0.15) is 0 Å². The molecule has 2 N–H and O–H groups in total. The number of benzene rings is 2. The van der Waals surface area contributed by atoms with Gasteiger partial charge in [0.05, 0.1) is 4.92 Å². The number of nitrogens with one attached hydrogen (secondary N) is 1. The van der Waals surface area contributed by atoms with Crippen molar-refractivity contribution in [3.8, 4) is 5.75 Å². The second-order valence-electron chi connectivity index (χ2n) is 11.2. The number of nitro groups is 1. The molecule has 186 valence electrons. The van der Waals surface area contributed by atoms with Crippen molar-refractivity contribution in [1.82, 2.24) is 5.32 Å². The molecule has 1 atom stereocenters. The Kier molecular flexibility index (Phi) is 9.03. The molecule has 0 saturated heterocycles. The second-order valence-corrected chi connectivity index (χ2v) is 11.2. The van der Waals surface area contributed by atoms with Gasteiger partial charge in [-0.3, -0.25) is 10.1 Å². The van der Waals surface area contributed by atoms with E-state index in [-0.39, 0.29) is 23.1 Å². The Hall–Kier alpha value is -2.70. The molecule has 0 amide bonds. The predicted molar refractivity (Wildman–Crippen MR) is 141 cm³/mol. The number of rotatable bonds is 9. The number of aliphatic hydroxyl groups excluding tert-OH is 1. The quantitative estimate of drug-likeness (QED) is 0.264. The summed E-state index contributed by atoms with van der Waals surface area (Å²) in [4.78, 5) is 10.5. The van der Waals surface area contributed by atoms with E-state index in [1.807, 2.05) is 26.0 Å². The van der Waals surface area contributed by atoms with Crippen molar-refractivity contribution >= 4 is 17.8 Å². The zero-order valence-corrected chi connectivity index (χ0v) is 21.8. The Balaban J connectivity index is 2.43. The number of hydrogen-bond acceptors (Lipinski definition) is 5. The van der Waals surface area contributed by atoms with E-state index >= 15 is 0 Å². The number of ether oxygens (including phenoxy) is 1. The highest BCUT2D eigenvalue weighted by molar-refractivity contribution is 5.72. The zero-order valence-electron chi connectivity index (χ0n) is 21.8. The van der Waals surface area contributed by atoms with Crippen molar-refractivity contribution in [3.05, 3.63) is 68.8 Å². The summed E-state index contributed by atoms with van der Waals surface area (Å²) < 4.78 is 6.29. The third kappa shape index (κ3) is 7.96. The van der Waals surface area contributed by atoms with Crippen molar-refractivity contribution in [3.63, 3.8) is 0 Å². The van der Waals surface area contributed by atoms with Gasteiger partial charge < -0.3 is 15.2 Å². The minimum absolute atomic E-state index is 0.0782. The number of non-ortho nitro benzene ring substituents is 1. The summed E-state index contributed by atoms with van der Waals surface area (Å²) in [6, 6.07) is 11.1. The molecule has 34 heavy (non-hydrogen) atoms. The van der Waals surface area contributed by atoms with Gasteiger partial charge in [-0.05, 0) is 46.2 Å². The summed E-state index contributed by atoms with van der Waals surface area (Å²) in [5.74, 6) is 0.830. The van der Waals surface area contributed by atoms with Crippen molar-refractivity contribution < 1.29 is 14.8 Å². The lowest BCUT2D eigenvalue weighted by atomic mass is 9.78. The van der Waals surface area contributed by atoms with Crippen molar-refractivity contribution in [2.45, 2.75) is 78.4 Å². The first-order chi connectivity index (χ1) is 15.7. The second kappa shape index (κ2) is 11.2. The van der Waals surface area contributed by atoms with Gasteiger partial charge in [-0.1, -0.05) is 67.5 Å². The van der Waals surface area contributed by atoms with Gasteiger partial charge in [0.2, 0.25) is 0 Å². The van der Waals surface area contributed by atoms with Crippen LogP contribution in [0.1, 0.15) is 77.6 Å². The first-order valence-electron chi connectivity index (χ1n) is 11.8. The molecular weight excluding hydrogens is 428 g/mol. The largest absolute Gasteiger partial charge is 0.490 e. The smallest absolute Gasteiger partial charge is 0.269 e. The van der Waals surface area contributed by atoms with E-state index in [4.69, 9.17) is 4.74 Å². The Morgan fingerprint density at radius 2 is 1.47 bits per heavy atom. The molecule has 6 heteroatoms. The molecule has 0 bridgehead atoms. The van der Waals surface area contributed by atoms with Gasteiger partial charge in [-0.15, -0.1) is 0 Å². The molecule has 2 aromatic carbocycles. The fourth-order valence-corrected chi connectivity index (χ4v) is 3.53. The maximum Gasteiger partial charge on any atom is 0.269 e.